The fraction of sp³-hybridized carbons (Fsp3) is 1.00. The van der Waals surface area contributed by atoms with E-state index in [4.69, 9.17) is 5.73 Å². The number of halogens is 1. The van der Waals surface area contributed by atoms with Gasteiger partial charge in [-0.15, -0.1) is 0 Å². The first-order valence-corrected chi connectivity index (χ1v) is 2.39. The Bertz CT molecular complexity index is 53.6. The van der Waals surface area contributed by atoms with Gasteiger partial charge in [-0.3, -0.25) is 0 Å². The number of rotatable bonds is 1. The van der Waals surface area contributed by atoms with Crippen LogP contribution in [0.5, 0.6) is 0 Å². The zero-order valence-corrected chi connectivity index (χ0v) is 5.03. The number of alkyl halides is 1. The molecular weight excluding hydrogens is 93.1 g/mol. The predicted octanol–water partition coefficient (Wildman–Crippen LogP) is 1.08. The largest absolute Gasteiger partial charge is 0.325 e. The van der Waals surface area contributed by atoms with Crippen molar-refractivity contribution >= 4 is 0 Å². The third kappa shape index (κ3) is 2.57. The van der Waals surface area contributed by atoms with Crippen LogP contribution in [0.1, 0.15) is 20.8 Å². The van der Waals surface area contributed by atoms with Gasteiger partial charge in [-0.05, 0) is 20.8 Å². The normalized spacial score (nSPS) is 16.7. The third-order valence-electron chi connectivity index (χ3n) is 1.08. The molecule has 0 saturated carbocycles. The molecule has 0 bridgehead atoms. The molecular formula is C5H12FN. The molecule has 0 saturated heterocycles. The van der Waals surface area contributed by atoms with Crippen LogP contribution in [0.2, 0.25) is 0 Å². The second-order valence-electron chi connectivity index (χ2n) is 2.35. The first kappa shape index (κ1) is 6.89. The topological polar surface area (TPSA) is 26.0 Å². The average Bonchev–Trinajstić information content (AvgIpc) is 1.31. The highest BCUT2D eigenvalue weighted by Gasteiger charge is 2.19. The minimum absolute atomic E-state index is 0.368. The lowest BCUT2D eigenvalue weighted by molar-refractivity contribution is 0.182. The molecule has 0 amide bonds. The van der Waals surface area contributed by atoms with E-state index in [1.165, 1.54) is 13.8 Å². The third-order valence-corrected chi connectivity index (χ3v) is 1.08. The van der Waals surface area contributed by atoms with E-state index in [1.54, 1.807) is 6.92 Å². The van der Waals surface area contributed by atoms with Crippen molar-refractivity contribution in [1.82, 2.24) is 0 Å². The monoisotopic (exact) mass is 105 g/mol. The second kappa shape index (κ2) is 1.78. The molecule has 44 valence electrons. The molecule has 0 aromatic carbocycles. The molecule has 0 aliphatic rings. The van der Waals surface area contributed by atoms with Crippen LogP contribution in [0.25, 0.3) is 0 Å². The van der Waals surface area contributed by atoms with Gasteiger partial charge in [0.2, 0.25) is 0 Å². The quantitative estimate of drug-likeness (QED) is 0.530. The molecule has 0 rings (SSSR count). The van der Waals surface area contributed by atoms with Crippen molar-refractivity contribution in [3.63, 3.8) is 0 Å². The molecule has 0 aromatic rings. The van der Waals surface area contributed by atoms with Gasteiger partial charge in [-0.1, -0.05) is 0 Å². The fourth-order valence-corrected chi connectivity index (χ4v) is 0. The van der Waals surface area contributed by atoms with Crippen molar-refractivity contribution in [2.24, 2.45) is 5.73 Å². The van der Waals surface area contributed by atoms with E-state index in [1.807, 2.05) is 0 Å². The van der Waals surface area contributed by atoms with Gasteiger partial charge in [0, 0.05) is 6.04 Å². The minimum atomic E-state index is -1.22. The standard InChI is InChI=1S/C5H12FN/c1-4(7)5(2,3)6/h4H,7H2,1-3H3/t4-/m1/s1. The zero-order chi connectivity index (χ0) is 6.08. The van der Waals surface area contributed by atoms with Gasteiger partial charge in [0.15, 0.2) is 0 Å². The Morgan fingerprint density at radius 1 is 1.57 bits per heavy atom. The Labute approximate surface area is 43.7 Å². The Hall–Kier alpha value is -0.110. The summed E-state index contributed by atoms with van der Waals surface area (Å²) in [5.74, 6) is 0. The van der Waals surface area contributed by atoms with Gasteiger partial charge in [-0.25, -0.2) is 4.39 Å². The fourth-order valence-electron chi connectivity index (χ4n) is 0. The summed E-state index contributed by atoms with van der Waals surface area (Å²) in [4.78, 5) is 0. The lowest BCUT2D eigenvalue weighted by Gasteiger charge is -2.17. The summed E-state index contributed by atoms with van der Waals surface area (Å²) in [6.45, 7) is 4.59. The van der Waals surface area contributed by atoms with Gasteiger partial charge in [0.05, 0.1) is 0 Å². The lowest BCUT2D eigenvalue weighted by atomic mass is 10.0. The molecule has 0 unspecified atom stereocenters. The second-order valence-corrected chi connectivity index (χ2v) is 2.35. The summed E-state index contributed by atoms with van der Waals surface area (Å²) >= 11 is 0. The summed E-state index contributed by atoms with van der Waals surface area (Å²) in [7, 11) is 0. The summed E-state index contributed by atoms with van der Waals surface area (Å²) in [6, 6.07) is -0.368. The van der Waals surface area contributed by atoms with Crippen LogP contribution in [0.3, 0.4) is 0 Å². The molecule has 0 aliphatic carbocycles. The summed E-state index contributed by atoms with van der Waals surface area (Å²) in [6.07, 6.45) is 0. The molecule has 7 heavy (non-hydrogen) atoms. The van der Waals surface area contributed by atoms with E-state index in [-0.39, 0.29) is 6.04 Å². The van der Waals surface area contributed by atoms with Gasteiger partial charge in [0.25, 0.3) is 0 Å². The molecule has 0 heterocycles. The van der Waals surface area contributed by atoms with Crippen LogP contribution < -0.4 is 5.73 Å². The lowest BCUT2D eigenvalue weighted by Crippen LogP contribution is -2.36. The van der Waals surface area contributed by atoms with E-state index >= 15 is 0 Å². The average molecular weight is 105 g/mol. The van der Waals surface area contributed by atoms with Crippen molar-refractivity contribution in [3.8, 4) is 0 Å². The van der Waals surface area contributed by atoms with Crippen molar-refractivity contribution in [3.05, 3.63) is 0 Å². The van der Waals surface area contributed by atoms with Crippen LogP contribution in [0.4, 0.5) is 4.39 Å². The van der Waals surface area contributed by atoms with E-state index < -0.39 is 5.67 Å². The molecule has 0 spiro atoms. The molecule has 0 aromatic heterocycles. The maximum atomic E-state index is 12.4. The van der Waals surface area contributed by atoms with Gasteiger partial charge in [-0.2, -0.15) is 0 Å². The number of nitrogens with two attached hydrogens (primary N) is 1. The number of hydrogen-bond acceptors (Lipinski definition) is 1. The minimum Gasteiger partial charge on any atom is -0.325 e. The van der Waals surface area contributed by atoms with Gasteiger partial charge >= 0.3 is 0 Å². The Morgan fingerprint density at radius 3 is 1.71 bits per heavy atom. The van der Waals surface area contributed by atoms with Crippen LogP contribution in [-0.2, 0) is 0 Å². The first-order chi connectivity index (χ1) is 2.94. The van der Waals surface area contributed by atoms with Crippen LogP contribution in [0, 0.1) is 0 Å². The molecule has 0 aliphatic heterocycles. The van der Waals surface area contributed by atoms with Crippen molar-refractivity contribution in [1.29, 1.82) is 0 Å². The smallest absolute Gasteiger partial charge is 0.120 e. The zero-order valence-electron chi connectivity index (χ0n) is 5.03. The van der Waals surface area contributed by atoms with Crippen molar-refractivity contribution in [2.45, 2.75) is 32.5 Å². The van der Waals surface area contributed by atoms with Crippen LogP contribution >= 0.6 is 0 Å². The van der Waals surface area contributed by atoms with E-state index in [9.17, 15) is 4.39 Å². The van der Waals surface area contributed by atoms with Crippen molar-refractivity contribution in [2.75, 3.05) is 0 Å². The van der Waals surface area contributed by atoms with Crippen LogP contribution in [-0.4, -0.2) is 11.7 Å². The maximum Gasteiger partial charge on any atom is 0.120 e. The highest BCUT2D eigenvalue weighted by atomic mass is 19.1. The van der Waals surface area contributed by atoms with Gasteiger partial charge in [0.1, 0.15) is 5.67 Å². The Morgan fingerprint density at radius 2 is 1.71 bits per heavy atom. The van der Waals surface area contributed by atoms with E-state index in [0.29, 0.717) is 0 Å². The molecule has 1 nitrogen and oxygen atoms in total. The summed E-state index contributed by atoms with van der Waals surface area (Å²) in [5, 5.41) is 0. The molecule has 0 fully saturated rings. The van der Waals surface area contributed by atoms with E-state index in [2.05, 4.69) is 0 Å². The van der Waals surface area contributed by atoms with Crippen LogP contribution in [0.15, 0.2) is 0 Å². The highest BCUT2D eigenvalue weighted by molar-refractivity contribution is 4.75. The van der Waals surface area contributed by atoms with E-state index in [0.717, 1.165) is 0 Å². The molecule has 1 atom stereocenters. The SMILES string of the molecule is C[C@@H](N)C(C)(C)F. The Balaban J connectivity index is 3.54. The maximum absolute atomic E-state index is 12.4. The molecule has 2 N–H and O–H groups in total. The molecule has 0 radical (unpaired) electrons. The molecule has 2 heteroatoms. The highest BCUT2D eigenvalue weighted by Crippen LogP contribution is 2.10. The summed E-state index contributed by atoms with van der Waals surface area (Å²) < 4.78 is 12.4. The summed E-state index contributed by atoms with van der Waals surface area (Å²) in [5.41, 5.74) is 3.97. The van der Waals surface area contributed by atoms with Gasteiger partial charge < -0.3 is 5.73 Å². The van der Waals surface area contributed by atoms with Crippen molar-refractivity contribution < 1.29 is 4.39 Å². The Kier molecular flexibility index (Phi) is 1.75. The first-order valence-electron chi connectivity index (χ1n) is 2.39. The number of hydrogen-bond donors (Lipinski definition) is 1. The predicted molar refractivity (Wildman–Crippen MR) is 28.8 cm³/mol.